The van der Waals surface area contributed by atoms with Crippen LogP contribution in [0.4, 0.5) is 18.9 Å². The molecule has 0 amide bonds. The summed E-state index contributed by atoms with van der Waals surface area (Å²) in [5, 5.41) is 13.7. The second kappa shape index (κ2) is 6.30. The van der Waals surface area contributed by atoms with E-state index >= 15 is 0 Å². The number of nitro benzene ring substituents is 1. The zero-order chi connectivity index (χ0) is 15.5. The summed E-state index contributed by atoms with van der Waals surface area (Å²) in [5.41, 5.74) is -1.71. The van der Waals surface area contributed by atoms with Gasteiger partial charge in [0.05, 0.1) is 11.5 Å². The summed E-state index contributed by atoms with van der Waals surface area (Å²) in [6.07, 6.45) is -3.05. The lowest BCUT2D eigenvalue weighted by Crippen LogP contribution is -2.13. The Morgan fingerprint density at radius 1 is 1.43 bits per heavy atom. The quantitative estimate of drug-likeness (QED) is 0.671. The molecule has 1 atom stereocenters. The Kier molecular flexibility index (Phi) is 4.66. The van der Waals surface area contributed by atoms with Gasteiger partial charge in [-0.2, -0.15) is 13.2 Å². The van der Waals surface area contributed by atoms with Gasteiger partial charge in [-0.15, -0.1) is 0 Å². The van der Waals surface area contributed by atoms with E-state index in [1.54, 1.807) is 0 Å². The van der Waals surface area contributed by atoms with Gasteiger partial charge < -0.3 is 10.1 Å². The highest BCUT2D eigenvalue weighted by atomic mass is 19.4. The van der Waals surface area contributed by atoms with Crippen molar-refractivity contribution in [2.24, 2.45) is 5.92 Å². The number of halogens is 3. The molecule has 0 aromatic heterocycles. The van der Waals surface area contributed by atoms with Gasteiger partial charge >= 0.3 is 6.18 Å². The van der Waals surface area contributed by atoms with Crippen molar-refractivity contribution >= 4 is 5.69 Å². The van der Waals surface area contributed by atoms with Crippen LogP contribution in [0.25, 0.3) is 0 Å². The van der Waals surface area contributed by atoms with Gasteiger partial charge in [0.25, 0.3) is 5.69 Å². The molecule has 0 bridgehead atoms. The molecule has 1 heterocycles. The summed E-state index contributed by atoms with van der Waals surface area (Å²) in [6.45, 7) is 1.92. The van der Waals surface area contributed by atoms with Crippen LogP contribution in [0.15, 0.2) is 18.2 Å². The predicted molar refractivity (Wildman–Crippen MR) is 69.2 cm³/mol. The second-order valence-electron chi connectivity index (χ2n) is 4.93. The third-order valence-corrected chi connectivity index (χ3v) is 3.43. The molecule has 8 heteroatoms. The molecule has 116 valence electrons. The molecule has 1 aromatic rings. The maximum absolute atomic E-state index is 12.9. The minimum absolute atomic E-state index is 0.160. The van der Waals surface area contributed by atoms with Crippen LogP contribution in [0.2, 0.25) is 0 Å². The maximum Gasteiger partial charge on any atom is 0.420 e. The number of nitrogens with one attached hydrogen (secondary N) is 1. The van der Waals surface area contributed by atoms with Crippen LogP contribution in [-0.2, 0) is 6.18 Å². The van der Waals surface area contributed by atoms with Crippen LogP contribution in [-0.4, -0.2) is 24.6 Å². The number of hydrogen-bond acceptors (Lipinski definition) is 4. The van der Waals surface area contributed by atoms with Crippen molar-refractivity contribution in [3.63, 3.8) is 0 Å². The number of ether oxygens (including phenoxy) is 1. The molecule has 0 saturated carbocycles. The maximum atomic E-state index is 12.9. The monoisotopic (exact) mass is 304 g/mol. The molecule has 0 spiro atoms. The van der Waals surface area contributed by atoms with E-state index < -0.39 is 22.4 Å². The minimum atomic E-state index is -4.68. The molecule has 1 aromatic carbocycles. The van der Waals surface area contributed by atoms with Crippen molar-refractivity contribution in [2.75, 3.05) is 19.7 Å². The van der Waals surface area contributed by atoms with Gasteiger partial charge in [-0.3, -0.25) is 10.1 Å². The molecule has 0 radical (unpaired) electrons. The predicted octanol–water partition coefficient (Wildman–Crippen LogP) is 2.99. The first-order chi connectivity index (χ1) is 9.88. The van der Waals surface area contributed by atoms with Gasteiger partial charge in [0, 0.05) is 12.1 Å². The van der Waals surface area contributed by atoms with Crippen molar-refractivity contribution in [1.82, 2.24) is 5.32 Å². The van der Waals surface area contributed by atoms with Gasteiger partial charge in [0.2, 0.25) is 0 Å². The van der Waals surface area contributed by atoms with Crippen molar-refractivity contribution in [2.45, 2.75) is 19.0 Å². The summed E-state index contributed by atoms with van der Waals surface area (Å²) in [6, 6.07) is 2.53. The second-order valence-corrected chi connectivity index (χ2v) is 4.93. The summed E-state index contributed by atoms with van der Waals surface area (Å²) in [4.78, 5) is 9.71. The lowest BCUT2D eigenvalue weighted by molar-refractivity contribution is -0.385. The topological polar surface area (TPSA) is 64.4 Å². The van der Waals surface area contributed by atoms with Gasteiger partial charge in [-0.1, -0.05) is 0 Å². The molecule has 5 nitrogen and oxygen atoms in total. The molecule has 1 saturated heterocycles. The van der Waals surface area contributed by atoms with Crippen molar-refractivity contribution in [1.29, 1.82) is 0 Å². The van der Waals surface area contributed by atoms with Crippen LogP contribution in [0.1, 0.15) is 18.4 Å². The number of non-ortho nitro benzene ring substituents is 1. The fourth-order valence-corrected chi connectivity index (χ4v) is 2.28. The Morgan fingerprint density at radius 3 is 2.76 bits per heavy atom. The number of hydrogen-bond donors (Lipinski definition) is 1. The number of nitro groups is 1. The van der Waals surface area contributed by atoms with Gasteiger partial charge in [0.1, 0.15) is 11.3 Å². The molecule has 1 unspecified atom stereocenters. The molecule has 2 rings (SSSR count). The third-order valence-electron chi connectivity index (χ3n) is 3.43. The summed E-state index contributed by atoms with van der Waals surface area (Å²) in [5.74, 6) is 0.0384. The van der Waals surface area contributed by atoms with E-state index in [1.165, 1.54) is 0 Å². The zero-order valence-electron chi connectivity index (χ0n) is 11.2. The van der Waals surface area contributed by atoms with E-state index in [4.69, 9.17) is 4.74 Å². The van der Waals surface area contributed by atoms with E-state index in [2.05, 4.69) is 5.32 Å². The standard InChI is InChI=1S/C13H15F3N2O3/c14-13(15,16)11-7-10(18(19)20)1-2-12(11)21-6-4-9-3-5-17-8-9/h1-2,7,9,17H,3-6,8H2. The van der Waals surface area contributed by atoms with Crippen LogP contribution in [0, 0.1) is 16.0 Å². The Hall–Kier alpha value is -1.83. The molecule has 1 aliphatic rings. The number of nitrogens with zero attached hydrogens (tertiary/aromatic N) is 1. The Balaban J connectivity index is 2.08. The van der Waals surface area contributed by atoms with E-state index in [0.29, 0.717) is 18.4 Å². The Labute approximate surface area is 119 Å². The zero-order valence-corrected chi connectivity index (χ0v) is 11.2. The SMILES string of the molecule is O=[N+]([O-])c1ccc(OCCC2CCNC2)c(C(F)(F)F)c1. The largest absolute Gasteiger partial charge is 0.493 e. The first-order valence-corrected chi connectivity index (χ1v) is 6.57. The van der Waals surface area contributed by atoms with Crippen molar-refractivity contribution in [3.8, 4) is 5.75 Å². The van der Waals surface area contributed by atoms with Crippen LogP contribution < -0.4 is 10.1 Å². The highest BCUT2D eigenvalue weighted by molar-refractivity contribution is 5.45. The Bertz CT molecular complexity index is 514. The summed E-state index contributed by atoms with van der Waals surface area (Å²) >= 11 is 0. The fraction of sp³-hybridized carbons (Fsp3) is 0.538. The normalized spacial score (nSPS) is 18.7. The van der Waals surface area contributed by atoms with Gasteiger partial charge in [-0.25, -0.2) is 0 Å². The molecule has 1 aliphatic heterocycles. The molecular formula is C13H15F3N2O3. The van der Waals surface area contributed by atoms with E-state index in [9.17, 15) is 23.3 Å². The lowest BCUT2D eigenvalue weighted by atomic mass is 10.1. The number of benzene rings is 1. The number of alkyl halides is 3. The summed E-state index contributed by atoms with van der Waals surface area (Å²) < 4.78 is 43.9. The first-order valence-electron chi connectivity index (χ1n) is 6.57. The minimum Gasteiger partial charge on any atom is -0.493 e. The fourth-order valence-electron chi connectivity index (χ4n) is 2.28. The highest BCUT2D eigenvalue weighted by Gasteiger charge is 2.36. The van der Waals surface area contributed by atoms with Crippen molar-refractivity contribution in [3.05, 3.63) is 33.9 Å². The van der Waals surface area contributed by atoms with Crippen molar-refractivity contribution < 1.29 is 22.8 Å². The van der Waals surface area contributed by atoms with Gasteiger partial charge in [0.15, 0.2) is 0 Å². The Morgan fingerprint density at radius 2 is 2.19 bits per heavy atom. The molecule has 1 fully saturated rings. The van der Waals surface area contributed by atoms with E-state index in [-0.39, 0.29) is 12.4 Å². The van der Waals surface area contributed by atoms with Gasteiger partial charge in [-0.05, 0) is 37.9 Å². The molecule has 1 N–H and O–H groups in total. The van der Waals surface area contributed by atoms with E-state index in [0.717, 1.165) is 31.6 Å². The average Bonchev–Trinajstić information content (AvgIpc) is 2.90. The molecule has 21 heavy (non-hydrogen) atoms. The summed E-state index contributed by atoms with van der Waals surface area (Å²) in [7, 11) is 0. The van der Waals surface area contributed by atoms with Crippen LogP contribution >= 0.6 is 0 Å². The molecular weight excluding hydrogens is 289 g/mol. The lowest BCUT2D eigenvalue weighted by Gasteiger charge is -2.15. The van der Waals surface area contributed by atoms with Crippen LogP contribution in [0.5, 0.6) is 5.75 Å². The van der Waals surface area contributed by atoms with Crippen LogP contribution in [0.3, 0.4) is 0 Å². The smallest absolute Gasteiger partial charge is 0.420 e. The average molecular weight is 304 g/mol. The first kappa shape index (κ1) is 15.6. The highest BCUT2D eigenvalue weighted by Crippen LogP contribution is 2.38. The van der Waals surface area contributed by atoms with E-state index in [1.807, 2.05) is 0 Å². The number of rotatable bonds is 5. The molecule has 0 aliphatic carbocycles. The third kappa shape index (κ3) is 4.07.